The first-order valence-electron chi connectivity index (χ1n) is 3.11. The topological polar surface area (TPSA) is 51.2 Å². The van der Waals surface area contributed by atoms with Gasteiger partial charge in [0, 0.05) is 6.42 Å². The predicted molar refractivity (Wildman–Crippen MR) is 53.4 cm³/mol. The Morgan fingerprint density at radius 3 is 1.92 bits per heavy atom. The van der Waals surface area contributed by atoms with Crippen molar-refractivity contribution in [3.8, 4) is 0 Å². The van der Waals surface area contributed by atoms with Crippen LogP contribution < -0.4 is 0 Å². The molecule has 0 fully saturated rings. The fourth-order valence-corrected chi connectivity index (χ4v) is 1.95. The van der Waals surface area contributed by atoms with Crippen LogP contribution in [0.25, 0.3) is 0 Å². The molecule has 0 saturated heterocycles. The van der Waals surface area contributed by atoms with E-state index in [2.05, 4.69) is 0 Å². The van der Waals surface area contributed by atoms with Crippen molar-refractivity contribution in [3.05, 3.63) is 0 Å². The van der Waals surface area contributed by atoms with Crippen molar-refractivity contribution in [2.45, 2.75) is 11.7 Å². The molecule has 1 atom stereocenters. The molecule has 0 radical (unpaired) electrons. The van der Waals surface area contributed by atoms with E-state index in [0.717, 1.165) is 11.8 Å². The van der Waals surface area contributed by atoms with Crippen LogP contribution in [0.5, 0.6) is 0 Å². The van der Waals surface area contributed by atoms with Crippen molar-refractivity contribution in [1.82, 2.24) is 0 Å². The first-order chi connectivity index (χ1) is 5.93. The van der Waals surface area contributed by atoms with Gasteiger partial charge in [0.05, 0.1) is 11.0 Å². The molecular formula is C6H5Cl3O3S. The second-order valence-electron chi connectivity index (χ2n) is 2.02. The highest BCUT2D eigenvalue weighted by atomic mass is 35.5. The summed E-state index contributed by atoms with van der Waals surface area (Å²) in [7, 11) is 0. The summed E-state index contributed by atoms with van der Waals surface area (Å²) in [6, 6.07) is 0. The first-order valence-corrected chi connectivity index (χ1v) is 5.29. The minimum absolute atomic E-state index is 0.0746. The number of thioether (sulfide) groups is 1. The fourth-order valence-electron chi connectivity index (χ4n) is 0.517. The van der Waals surface area contributed by atoms with Crippen molar-refractivity contribution in [2.75, 3.05) is 5.75 Å². The van der Waals surface area contributed by atoms with E-state index in [4.69, 9.17) is 34.8 Å². The van der Waals surface area contributed by atoms with Gasteiger partial charge in [-0.05, 0) is 34.8 Å². The normalized spacial score (nSPS) is 12.2. The Kier molecular flexibility index (Phi) is 6.77. The van der Waals surface area contributed by atoms with Gasteiger partial charge in [-0.1, -0.05) is 0 Å². The summed E-state index contributed by atoms with van der Waals surface area (Å²) >= 11 is 16.1. The molecule has 0 bridgehead atoms. The average Bonchev–Trinajstić information content (AvgIpc) is 1.96. The molecule has 0 amide bonds. The maximum Gasteiger partial charge on any atom is 0.235 e. The molecule has 0 aromatic heterocycles. The fraction of sp³-hybridized carbons (Fsp3) is 0.500. The lowest BCUT2D eigenvalue weighted by Crippen LogP contribution is -2.16. The maximum atomic E-state index is 10.7. The van der Waals surface area contributed by atoms with Gasteiger partial charge < -0.3 is 0 Å². The van der Waals surface area contributed by atoms with Gasteiger partial charge in [0.25, 0.3) is 0 Å². The molecule has 0 aromatic carbocycles. The van der Waals surface area contributed by atoms with Gasteiger partial charge >= 0.3 is 0 Å². The van der Waals surface area contributed by atoms with Crippen molar-refractivity contribution < 1.29 is 14.4 Å². The quantitative estimate of drug-likeness (QED) is 0.686. The van der Waals surface area contributed by atoms with E-state index in [-0.39, 0.29) is 12.2 Å². The number of carbonyl (C=O) groups excluding carboxylic acids is 3. The molecule has 0 aliphatic rings. The minimum atomic E-state index is -0.797. The lowest BCUT2D eigenvalue weighted by Gasteiger charge is -2.06. The number of carbonyl (C=O) groups is 3. The Balaban J connectivity index is 4.02. The lowest BCUT2D eigenvalue weighted by atomic mass is 10.3. The minimum Gasteiger partial charge on any atom is -0.281 e. The Hall–Kier alpha value is 0.230. The van der Waals surface area contributed by atoms with Gasteiger partial charge in [0.1, 0.15) is 0 Å². The van der Waals surface area contributed by atoms with Gasteiger partial charge in [0.2, 0.25) is 15.7 Å². The molecule has 1 unspecified atom stereocenters. The Morgan fingerprint density at radius 2 is 1.62 bits per heavy atom. The van der Waals surface area contributed by atoms with Crippen molar-refractivity contribution >= 4 is 62.3 Å². The highest BCUT2D eigenvalue weighted by Crippen LogP contribution is 2.19. The van der Waals surface area contributed by atoms with Crippen LogP contribution in [-0.2, 0) is 14.4 Å². The zero-order valence-electron chi connectivity index (χ0n) is 6.26. The number of hydrogen-bond acceptors (Lipinski definition) is 4. The molecule has 0 N–H and O–H groups in total. The standard InChI is InChI=1S/C6H5Cl3O3S/c7-4(10)1-3(6(9)12)13-2-5(8)11/h3H,1-2H2. The van der Waals surface area contributed by atoms with E-state index in [9.17, 15) is 14.4 Å². The smallest absolute Gasteiger partial charge is 0.235 e. The zero-order chi connectivity index (χ0) is 10.4. The van der Waals surface area contributed by atoms with Crippen molar-refractivity contribution in [3.63, 3.8) is 0 Å². The third-order valence-electron chi connectivity index (χ3n) is 0.997. The second-order valence-corrected chi connectivity index (χ2v) is 4.42. The Bertz CT molecular complexity index is 231. The Labute approximate surface area is 94.1 Å². The highest BCUT2D eigenvalue weighted by Gasteiger charge is 2.20. The summed E-state index contributed by atoms with van der Waals surface area (Å²) in [5, 5.41) is -2.78. The van der Waals surface area contributed by atoms with Crippen LogP contribution in [0.4, 0.5) is 0 Å². The number of halogens is 3. The third-order valence-corrected chi connectivity index (χ3v) is 3.05. The van der Waals surface area contributed by atoms with Crippen LogP contribution in [0.3, 0.4) is 0 Å². The van der Waals surface area contributed by atoms with Crippen molar-refractivity contribution in [2.24, 2.45) is 0 Å². The summed E-state index contributed by atoms with van der Waals surface area (Å²) in [5.41, 5.74) is 0. The van der Waals surface area contributed by atoms with Crippen LogP contribution in [0, 0.1) is 0 Å². The highest BCUT2D eigenvalue weighted by molar-refractivity contribution is 8.01. The van der Waals surface area contributed by atoms with E-state index >= 15 is 0 Å². The molecule has 0 heterocycles. The number of hydrogen-bond donors (Lipinski definition) is 0. The first kappa shape index (κ1) is 13.2. The molecule has 7 heteroatoms. The Morgan fingerprint density at radius 1 is 1.08 bits per heavy atom. The predicted octanol–water partition coefficient (Wildman–Crippen LogP) is 1.77. The average molecular weight is 264 g/mol. The summed E-state index contributed by atoms with van der Waals surface area (Å²) in [6.07, 6.45) is -0.196. The number of rotatable bonds is 6. The van der Waals surface area contributed by atoms with E-state index in [1.54, 1.807) is 0 Å². The van der Waals surface area contributed by atoms with Crippen molar-refractivity contribution in [1.29, 1.82) is 0 Å². The second kappa shape index (κ2) is 6.65. The van der Waals surface area contributed by atoms with Crippen LogP contribution in [0.2, 0.25) is 0 Å². The molecule has 0 rings (SSSR count). The van der Waals surface area contributed by atoms with E-state index in [1.807, 2.05) is 0 Å². The molecule has 74 valence electrons. The molecule has 0 aliphatic carbocycles. The molecule has 3 nitrogen and oxygen atoms in total. The van der Waals surface area contributed by atoms with E-state index in [0.29, 0.717) is 0 Å². The van der Waals surface area contributed by atoms with Crippen LogP contribution >= 0.6 is 46.6 Å². The van der Waals surface area contributed by atoms with Crippen LogP contribution in [0.15, 0.2) is 0 Å². The molecule has 0 aliphatic heterocycles. The summed E-state index contributed by atoms with van der Waals surface area (Å²) in [6.45, 7) is 0. The lowest BCUT2D eigenvalue weighted by molar-refractivity contribution is -0.116. The van der Waals surface area contributed by atoms with Gasteiger partial charge in [-0.15, -0.1) is 11.8 Å². The largest absolute Gasteiger partial charge is 0.281 e. The van der Waals surface area contributed by atoms with E-state index in [1.165, 1.54) is 0 Å². The molecular weight excluding hydrogens is 258 g/mol. The van der Waals surface area contributed by atoms with Gasteiger partial charge in [0.15, 0.2) is 0 Å². The molecule has 0 aromatic rings. The molecule has 0 spiro atoms. The van der Waals surface area contributed by atoms with Crippen LogP contribution in [-0.4, -0.2) is 26.7 Å². The summed E-state index contributed by atoms with van der Waals surface area (Å²) in [5.74, 6) is -0.0746. The molecule has 0 saturated carbocycles. The van der Waals surface area contributed by atoms with Gasteiger partial charge in [-0.3, -0.25) is 14.4 Å². The monoisotopic (exact) mass is 262 g/mol. The van der Waals surface area contributed by atoms with Gasteiger partial charge in [-0.2, -0.15) is 0 Å². The van der Waals surface area contributed by atoms with E-state index < -0.39 is 21.0 Å². The third kappa shape index (κ3) is 7.31. The zero-order valence-corrected chi connectivity index (χ0v) is 9.34. The summed E-state index contributed by atoms with van der Waals surface area (Å²) < 4.78 is 0. The van der Waals surface area contributed by atoms with Gasteiger partial charge in [-0.25, -0.2) is 0 Å². The molecule has 13 heavy (non-hydrogen) atoms. The SMILES string of the molecule is O=C(Cl)CSC(CC(=O)Cl)C(=O)Cl. The maximum absolute atomic E-state index is 10.7. The van der Waals surface area contributed by atoms with Crippen LogP contribution in [0.1, 0.15) is 6.42 Å². The summed E-state index contributed by atoms with van der Waals surface area (Å²) in [4.78, 5) is 31.4.